The van der Waals surface area contributed by atoms with Crippen molar-refractivity contribution in [1.29, 1.82) is 0 Å². The molecule has 6 heteroatoms. The number of carbonyl (C=O) groups excluding carboxylic acids is 1. The average Bonchev–Trinajstić information content (AvgIpc) is 2.50. The third-order valence-corrected chi connectivity index (χ3v) is 3.10. The van der Waals surface area contributed by atoms with Crippen molar-refractivity contribution in [1.82, 2.24) is 9.97 Å². The Labute approximate surface area is 122 Å². The van der Waals surface area contributed by atoms with Crippen molar-refractivity contribution in [2.75, 3.05) is 23.3 Å². The fraction of sp³-hybridized carbons (Fsp3) is 0.267. The minimum atomic E-state index is -0.789. The summed E-state index contributed by atoms with van der Waals surface area (Å²) >= 11 is 0. The van der Waals surface area contributed by atoms with Crippen molar-refractivity contribution in [2.45, 2.75) is 13.8 Å². The molecular weight excluding hydrogens is 271 g/mol. The molecule has 1 N–H and O–H groups in total. The standard InChI is InChI=1S/C15H17FN4O/c1-3-20(4-2)13-8-7-11(10-18-13)19-15(21)12-6-5-9-17-14(12)16/h5-10H,3-4H2,1-2H3,(H,19,21). The lowest BCUT2D eigenvalue weighted by molar-refractivity contribution is 0.102. The summed E-state index contributed by atoms with van der Waals surface area (Å²) in [5.74, 6) is -0.494. The molecule has 1 amide bonds. The van der Waals surface area contributed by atoms with Crippen LogP contribution in [-0.4, -0.2) is 29.0 Å². The summed E-state index contributed by atoms with van der Waals surface area (Å²) in [4.78, 5) is 21.8. The molecule has 110 valence electrons. The summed E-state index contributed by atoms with van der Waals surface area (Å²) in [6.07, 6.45) is 2.85. The number of aromatic nitrogens is 2. The molecular formula is C15H17FN4O. The van der Waals surface area contributed by atoms with E-state index in [0.29, 0.717) is 5.69 Å². The molecule has 0 saturated carbocycles. The predicted octanol–water partition coefficient (Wildman–Crippen LogP) is 2.71. The maximum absolute atomic E-state index is 13.4. The molecule has 0 aliphatic carbocycles. The number of anilines is 2. The van der Waals surface area contributed by atoms with Gasteiger partial charge in [-0.2, -0.15) is 4.39 Å². The van der Waals surface area contributed by atoms with Crippen LogP contribution >= 0.6 is 0 Å². The van der Waals surface area contributed by atoms with Gasteiger partial charge in [0, 0.05) is 19.3 Å². The van der Waals surface area contributed by atoms with Gasteiger partial charge in [0.25, 0.3) is 5.91 Å². The van der Waals surface area contributed by atoms with E-state index in [9.17, 15) is 9.18 Å². The van der Waals surface area contributed by atoms with E-state index < -0.39 is 11.9 Å². The van der Waals surface area contributed by atoms with Gasteiger partial charge in [0.15, 0.2) is 0 Å². The molecule has 2 rings (SSSR count). The highest BCUT2D eigenvalue weighted by atomic mass is 19.1. The summed E-state index contributed by atoms with van der Waals surface area (Å²) in [6.45, 7) is 5.81. The first-order valence-corrected chi connectivity index (χ1v) is 6.78. The van der Waals surface area contributed by atoms with Gasteiger partial charge in [-0.3, -0.25) is 4.79 Å². The van der Waals surface area contributed by atoms with Crippen LogP contribution in [0.1, 0.15) is 24.2 Å². The highest BCUT2D eigenvalue weighted by Crippen LogP contribution is 2.15. The summed E-state index contributed by atoms with van der Waals surface area (Å²) < 4.78 is 13.4. The number of pyridine rings is 2. The Morgan fingerprint density at radius 1 is 1.24 bits per heavy atom. The molecule has 0 unspecified atom stereocenters. The van der Waals surface area contributed by atoms with Crippen LogP contribution in [-0.2, 0) is 0 Å². The lowest BCUT2D eigenvalue weighted by Gasteiger charge is -2.19. The van der Waals surface area contributed by atoms with Gasteiger partial charge in [-0.15, -0.1) is 0 Å². The highest BCUT2D eigenvalue weighted by molar-refractivity contribution is 6.04. The second kappa shape index (κ2) is 6.78. The van der Waals surface area contributed by atoms with Gasteiger partial charge in [-0.05, 0) is 38.1 Å². The Kier molecular flexibility index (Phi) is 4.81. The number of nitrogens with one attached hydrogen (secondary N) is 1. The number of nitrogens with zero attached hydrogens (tertiary/aromatic N) is 3. The summed E-state index contributed by atoms with van der Waals surface area (Å²) in [5, 5.41) is 2.60. The zero-order valence-electron chi connectivity index (χ0n) is 12.0. The summed E-state index contributed by atoms with van der Waals surface area (Å²) in [7, 11) is 0. The molecule has 2 heterocycles. The molecule has 2 aromatic heterocycles. The average molecular weight is 288 g/mol. The fourth-order valence-corrected chi connectivity index (χ4v) is 1.95. The molecule has 0 radical (unpaired) electrons. The van der Waals surface area contributed by atoms with Gasteiger partial charge < -0.3 is 10.2 Å². The van der Waals surface area contributed by atoms with E-state index in [2.05, 4.69) is 20.2 Å². The smallest absolute Gasteiger partial charge is 0.260 e. The first-order valence-electron chi connectivity index (χ1n) is 6.78. The van der Waals surface area contributed by atoms with E-state index in [0.717, 1.165) is 18.9 Å². The van der Waals surface area contributed by atoms with Gasteiger partial charge in [0.05, 0.1) is 17.4 Å². The van der Waals surface area contributed by atoms with E-state index in [1.807, 2.05) is 19.9 Å². The van der Waals surface area contributed by atoms with E-state index in [-0.39, 0.29) is 5.56 Å². The van der Waals surface area contributed by atoms with Gasteiger partial charge in [-0.25, -0.2) is 9.97 Å². The molecule has 0 aliphatic heterocycles. The van der Waals surface area contributed by atoms with Crippen LogP contribution in [0, 0.1) is 5.95 Å². The molecule has 0 aromatic carbocycles. The van der Waals surface area contributed by atoms with Crippen molar-refractivity contribution in [3.8, 4) is 0 Å². The zero-order chi connectivity index (χ0) is 15.2. The maximum Gasteiger partial charge on any atom is 0.260 e. The number of rotatable bonds is 5. The Morgan fingerprint density at radius 2 is 2.00 bits per heavy atom. The first kappa shape index (κ1) is 14.9. The zero-order valence-corrected chi connectivity index (χ0v) is 12.0. The van der Waals surface area contributed by atoms with Crippen molar-refractivity contribution < 1.29 is 9.18 Å². The van der Waals surface area contributed by atoms with Crippen LogP contribution in [0.5, 0.6) is 0 Å². The maximum atomic E-state index is 13.4. The Morgan fingerprint density at radius 3 is 2.57 bits per heavy atom. The minimum absolute atomic E-state index is 0.0923. The van der Waals surface area contributed by atoms with Gasteiger partial charge in [-0.1, -0.05) is 0 Å². The summed E-state index contributed by atoms with van der Waals surface area (Å²) in [6, 6.07) is 6.46. The third-order valence-electron chi connectivity index (χ3n) is 3.10. The minimum Gasteiger partial charge on any atom is -0.357 e. The van der Waals surface area contributed by atoms with Crippen LogP contribution in [0.25, 0.3) is 0 Å². The van der Waals surface area contributed by atoms with Crippen LogP contribution in [0.2, 0.25) is 0 Å². The van der Waals surface area contributed by atoms with Crippen molar-refractivity contribution >= 4 is 17.4 Å². The SMILES string of the molecule is CCN(CC)c1ccc(NC(=O)c2cccnc2F)cn1. The normalized spacial score (nSPS) is 10.2. The fourth-order valence-electron chi connectivity index (χ4n) is 1.95. The Balaban J connectivity index is 2.10. The number of carbonyl (C=O) groups is 1. The van der Waals surface area contributed by atoms with Gasteiger partial charge >= 0.3 is 0 Å². The van der Waals surface area contributed by atoms with Crippen molar-refractivity contribution in [2.24, 2.45) is 0 Å². The van der Waals surface area contributed by atoms with E-state index in [4.69, 9.17) is 0 Å². The Hall–Kier alpha value is -2.50. The number of hydrogen-bond donors (Lipinski definition) is 1. The first-order chi connectivity index (χ1) is 10.2. The number of hydrogen-bond acceptors (Lipinski definition) is 4. The topological polar surface area (TPSA) is 58.1 Å². The van der Waals surface area contributed by atoms with E-state index in [1.54, 1.807) is 12.3 Å². The van der Waals surface area contributed by atoms with Crippen LogP contribution in [0.3, 0.4) is 0 Å². The molecule has 5 nitrogen and oxygen atoms in total. The molecule has 21 heavy (non-hydrogen) atoms. The Bertz CT molecular complexity index is 611. The molecule has 0 saturated heterocycles. The lowest BCUT2D eigenvalue weighted by Crippen LogP contribution is -2.23. The number of halogens is 1. The molecule has 0 spiro atoms. The van der Waals surface area contributed by atoms with Crippen LogP contribution in [0.15, 0.2) is 36.7 Å². The molecule has 0 fully saturated rings. The van der Waals surface area contributed by atoms with Crippen molar-refractivity contribution in [3.05, 3.63) is 48.2 Å². The predicted molar refractivity (Wildman–Crippen MR) is 79.9 cm³/mol. The van der Waals surface area contributed by atoms with Gasteiger partial charge in [0.1, 0.15) is 5.82 Å². The molecule has 0 aliphatic rings. The molecule has 0 atom stereocenters. The molecule has 2 aromatic rings. The van der Waals surface area contributed by atoms with Crippen molar-refractivity contribution in [3.63, 3.8) is 0 Å². The monoisotopic (exact) mass is 288 g/mol. The molecule has 0 bridgehead atoms. The lowest BCUT2D eigenvalue weighted by atomic mass is 10.2. The van der Waals surface area contributed by atoms with E-state index in [1.165, 1.54) is 18.3 Å². The van der Waals surface area contributed by atoms with Crippen LogP contribution < -0.4 is 10.2 Å². The largest absolute Gasteiger partial charge is 0.357 e. The quantitative estimate of drug-likeness (QED) is 0.859. The summed E-state index contributed by atoms with van der Waals surface area (Å²) in [5.41, 5.74) is 0.421. The van der Waals surface area contributed by atoms with Gasteiger partial charge in [0.2, 0.25) is 5.95 Å². The highest BCUT2D eigenvalue weighted by Gasteiger charge is 2.12. The van der Waals surface area contributed by atoms with E-state index >= 15 is 0 Å². The third kappa shape index (κ3) is 3.53. The van der Waals surface area contributed by atoms with Crippen LogP contribution in [0.4, 0.5) is 15.9 Å². The second-order valence-corrected chi connectivity index (χ2v) is 4.37. The second-order valence-electron chi connectivity index (χ2n) is 4.37. The number of amides is 1.